The van der Waals surface area contributed by atoms with E-state index in [1.165, 1.54) is 11.0 Å². The van der Waals surface area contributed by atoms with Crippen LogP contribution in [0, 0.1) is 0 Å². The van der Waals surface area contributed by atoms with Crippen LogP contribution in [-0.2, 0) is 22.5 Å². The zero-order chi connectivity index (χ0) is 22.6. The average Bonchev–Trinajstić information content (AvgIpc) is 3.24. The predicted octanol–water partition coefficient (Wildman–Crippen LogP) is 2.36. The van der Waals surface area contributed by atoms with Gasteiger partial charge in [-0.3, -0.25) is 14.7 Å². The highest BCUT2D eigenvalue weighted by molar-refractivity contribution is 6.44. The molecule has 0 atom stereocenters. The van der Waals surface area contributed by atoms with E-state index in [1.807, 2.05) is 0 Å². The Labute approximate surface area is 183 Å². The molecule has 3 heterocycles. The normalized spacial score (nSPS) is 20.9. The van der Waals surface area contributed by atoms with Crippen molar-refractivity contribution in [2.75, 3.05) is 27.3 Å². The number of nitrogens with zero attached hydrogens (tertiary/aromatic N) is 4. The van der Waals surface area contributed by atoms with Crippen LogP contribution >= 0.6 is 0 Å². The highest BCUT2D eigenvalue weighted by Crippen LogP contribution is 2.42. The number of aromatic nitrogens is 2. The number of likely N-dealkylation sites (N-methyl/N-ethyl adjacent to an activating group) is 1. The topological polar surface area (TPSA) is 90.9 Å². The molecule has 5 rings (SSSR count). The van der Waals surface area contributed by atoms with Crippen molar-refractivity contribution < 1.29 is 23.1 Å². The highest BCUT2D eigenvalue weighted by atomic mass is 19.1. The number of aromatic amines is 1. The molecule has 168 valence electrons. The maximum atomic E-state index is 14.1. The third-order valence-electron chi connectivity index (χ3n) is 6.64. The fraction of sp³-hybridized carbons (Fsp3) is 0.455. The maximum absolute atomic E-state index is 14.1. The maximum Gasteiger partial charge on any atom is 0.274 e. The fourth-order valence-electron chi connectivity index (χ4n) is 4.47. The third-order valence-corrected chi connectivity index (χ3v) is 6.64. The second-order valence-corrected chi connectivity index (χ2v) is 8.59. The van der Waals surface area contributed by atoms with Gasteiger partial charge < -0.3 is 14.5 Å². The van der Waals surface area contributed by atoms with Crippen LogP contribution in [0.3, 0.4) is 0 Å². The first-order valence-electron chi connectivity index (χ1n) is 10.5. The molecule has 1 fully saturated rings. The molecule has 1 N–H and O–H groups in total. The van der Waals surface area contributed by atoms with Gasteiger partial charge in [-0.15, -0.1) is 0 Å². The molecule has 2 amide bonds. The van der Waals surface area contributed by atoms with E-state index in [0.717, 1.165) is 24.6 Å². The van der Waals surface area contributed by atoms with Crippen LogP contribution in [0.15, 0.2) is 40.1 Å². The number of allylic oxidation sites excluding steroid dienone is 3. The zero-order valence-electron chi connectivity index (χ0n) is 17.9. The van der Waals surface area contributed by atoms with Gasteiger partial charge in [-0.05, 0) is 25.0 Å². The summed E-state index contributed by atoms with van der Waals surface area (Å²) in [5, 5.41) is 7.16. The molecule has 1 aromatic rings. The smallest absolute Gasteiger partial charge is 0.274 e. The average molecular weight is 443 g/mol. The molecular formula is C22H23F2N5O3. The molecule has 8 nitrogen and oxygen atoms in total. The van der Waals surface area contributed by atoms with Crippen LogP contribution in [0.4, 0.5) is 8.78 Å². The Bertz CT molecular complexity index is 1140. The van der Waals surface area contributed by atoms with Crippen LogP contribution in [-0.4, -0.2) is 70.4 Å². The Morgan fingerprint density at radius 1 is 1.34 bits per heavy atom. The highest BCUT2D eigenvalue weighted by Gasteiger charge is 2.49. The quantitative estimate of drug-likeness (QED) is 0.757. The first kappa shape index (κ1) is 20.7. The third kappa shape index (κ3) is 3.21. The first-order valence-corrected chi connectivity index (χ1v) is 10.5. The molecule has 2 aliphatic heterocycles. The van der Waals surface area contributed by atoms with Crippen LogP contribution in [0.25, 0.3) is 0 Å². The summed E-state index contributed by atoms with van der Waals surface area (Å²) in [6.45, 7) is 1.00. The molecule has 0 aromatic carbocycles. The molecule has 0 saturated heterocycles. The lowest BCUT2D eigenvalue weighted by molar-refractivity contribution is -0.124. The number of nitrogens with one attached hydrogen (secondary N) is 1. The van der Waals surface area contributed by atoms with Crippen LogP contribution in [0.5, 0.6) is 0 Å². The lowest BCUT2D eigenvalue weighted by atomic mass is 10.0. The summed E-state index contributed by atoms with van der Waals surface area (Å²) in [6, 6.07) is 0. The predicted molar refractivity (Wildman–Crippen MR) is 111 cm³/mol. The van der Waals surface area contributed by atoms with Crippen molar-refractivity contribution >= 4 is 17.5 Å². The van der Waals surface area contributed by atoms with Crippen LogP contribution in [0.1, 0.15) is 41.0 Å². The van der Waals surface area contributed by atoms with Crippen molar-refractivity contribution in [1.82, 2.24) is 20.0 Å². The first-order chi connectivity index (χ1) is 15.3. The van der Waals surface area contributed by atoms with Crippen molar-refractivity contribution in [3.63, 3.8) is 0 Å². The number of carbonyl (C=O) groups excluding carboxylic acids is 2. The molecule has 4 aliphatic rings. The second kappa shape index (κ2) is 7.47. The number of aliphatic imine (C=N–C) groups is 1. The van der Waals surface area contributed by atoms with Crippen molar-refractivity contribution in [2.45, 2.75) is 37.8 Å². The van der Waals surface area contributed by atoms with Gasteiger partial charge in [0.1, 0.15) is 23.1 Å². The molecule has 1 saturated carbocycles. The summed E-state index contributed by atoms with van der Waals surface area (Å²) in [7, 11) is 3.35. The molecule has 0 radical (unpaired) electrons. The molecule has 32 heavy (non-hydrogen) atoms. The number of carbonyl (C=O) groups is 2. The largest absolute Gasteiger partial charge is 0.382 e. The number of amides is 2. The minimum atomic E-state index is -0.579. The summed E-state index contributed by atoms with van der Waals surface area (Å²) in [5.41, 5.74) is 1.33. The fourth-order valence-corrected chi connectivity index (χ4v) is 4.47. The second-order valence-electron chi connectivity index (χ2n) is 8.59. The van der Waals surface area contributed by atoms with Crippen molar-refractivity contribution in [3.8, 4) is 0 Å². The van der Waals surface area contributed by atoms with Gasteiger partial charge in [0.05, 0.1) is 18.7 Å². The van der Waals surface area contributed by atoms with Gasteiger partial charge in [-0.2, -0.15) is 5.10 Å². The lowest BCUT2D eigenvalue weighted by Gasteiger charge is -2.29. The number of hydrogen-bond donors (Lipinski definition) is 1. The van der Waals surface area contributed by atoms with Crippen molar-refractivity contribution in [2.24, 2.45) is 4.99 Å². The number of rotatable bonds is 5. The van der Waals surface area contributed by atoms with E-state index in [9.17, 15) is 18.4 Å². The minimum Gasteiger partial charge on any atom is -0.382 e. The minimum absolute atomic E-state index is 0.00322. The van der Waals surface area contributed by atoms with E-state index in [2.05, 4.69) is 15.2 Å². The molecule has 0 bridgehead atoms. The number of methoxy groups -OCH3 is 1. The Hall–Kier alpha value is -3.14. The van der Waals surface area contributed by atoms with Gasteiger partial charge >= 0.3 is 0 Å². The molecule has 2 aliphatic carbocycles. The van der Waals surface area contributed by atoms with Crippen molar-refractivity contribution in [1.29, 1.82) is 0 Å². The van der Waals surface area contributed by atoms with Gasteiger partial charge in [-0.1, -0.05) is 0 Å². The number of ether oxygens (including phenoxy) is 1. The van der Waals surface area contributed by atoms with Crippen LogP contribution in [0.2, 0.25) is 0 Å². The SMILES string of the molecule is COCC1(N(C)C(=O)c2n[nH]c3c2CN(C(=O)C2=NC4=C(F)CC=C(F)C4=C2)CC3)CC1. The Kier molecular flexibility index (Phi) is 4.85. The Morgan fingerprint density at radius 2 is 2.12 bits per heavy atom. The van der Waals surface area contributed by atoms with E-state index in [4.69, 9.17) is 4.74 Å². The molecule has 0 spiro atoms. The molecule has 1 aromatic heterocycles. The lowest BCUT2D eigenvalue weighted by Crippen LogP contribution is -2.43. The summed E-state index contributed by atoms with van der Waals surface area (Å²) >= 11 is 0. The van der Waals surface area contributed by atoms with Gasteiger partial charge in [0, 0.05) is 50.4 Å². The summed E-state index contributed by atoms with van der Waals surface area (Å²) in [4.78, 5) is 33.5. The zero-order valence-corrected chi connectivity index (χ0v) is 17.9. The number of H-pyrrole nitrogens is 1. The number of halogens is 2. The van der Waals surface area contributed by atoms with Gasteiger partial charge in [0.15, 0.2) is 5.69 Å². The van der Waals surface area contributed by atoms with Gasteiger partial charge in [-0.25, -0.2) is 13.8 Å². The van der Waals surface area contributed by atoms with Crippen molar-refractivity contribution in [3.05, 3.63) is 52.0 Å². The summed E-state index contributed by atoms with van der Waals surface area (Å²) < 4.78 is 33.4. The van der Waals surface area contributed by atoms with E-state index < -0.39 is 17.6 Å². The van der Waals surface area contributed by atoms with E-state index in [0.29, 0.717) is 25.1 Å². The number of fused-ring (bicyclic) bond motifs is 2. The molecule has 10 heteroatoms. The van der Waals surface area contributed by atoms with Crippen LogP contribution < -0.4 is 0 Å². The van der Waals surface area contributed by atoms with Gasteiger partial charge in [0.2, 0.25) is 0 Å². The summed E-state index contributed by atoms with van der Waals surface area (Å²) in [6.07, 6.45) is 4.47. The van der Waals surface area contributed by atoms with E-state index in [1.54, 1.807) is 19.1 Å². The number of hydrogen-bond acceptors (Lipinski definition) is 5. The molecular weight excluding hydrogens is 420 g/mol. The Morgan fingerprint density at radius 3 is 2.81 bits per heavy atom. The monoisotopic (exact) mass is 443 g/mol. The van der Waals surface area contributed by atoms with E-state index in [-0.39, 0.29) is 47.1 Å². The van der Waals surface area contributed by atoms with Gasteiger partial charge in [0.25, 0.3) is 11.8 Å². The Balaban J connectivity index is 1.37. The summed E-state index contributed by atoms with van der Waals surface area (Å²) in [5.74, 6) is -1.80. The standard InChI is InChI=1S/C22H23F2N5O3/c1-28(22(6-7-22)11-32-2)21(31)19-13-10-29(8-5-16(13)26-27-19)20(30)17-9-12-14(23)3-4-15(24)18(12)25-17/h3,9H,4-8,10-11H2,1-2H3,(H,26,27). The molecule has 0 unspecified atom stereocenters. The van der Waals surface area contributed by atoms with E-state index >= 15 is 0 Å².